The summed E-state index contributed by atoms with van der Waals surface area (Å²) in [4.78, 5) is 16.6. The normalized spacial score (nSPS) is 16.7. The second kappa shape index (κ2) is 10.3. The fraction of sp³-hybridized carbons (Fsp3) is 0.400. The van der Waals surface area contributed by atoms with Gasteiger partial charge in [0.2, 0.25) is 0 Å². The molecule has 1 aromatic carbocycles. The molecule has 27 heavy (non-hydrogen) atoms. The number of benzene rings is 1. The number of pyridine rings is 1. The van der Waals surface area contributed by atoms with Crippen LogP contribution in [0.5, 0.6) is 0 Å². The van der Waals surface area contributed by atoms with Gasteiger partial charge in [0.25, 0.3) is 5.91 Å². The molecule has 0 spiro atoms. The predicted molar refractivity (Wildman–Crippen MR) is 106 cm³/mol. The molecule has 0 saturated carbocycles. The van der Waals surface area contributed by atoms with Crippen LogP contribution in [0.2, 0.25) is 5.15 Å². The molecule has 0 bridgehead atoms. The summed E-state index contributed by atoms with van der Waals surface area (Å²) in [6, 6.07) is 10.8. The third-order valence-corrected chi connectivity index (χ3v) is 4.56. The average Bonchev–Trinajstić information content (AvgIpc) is 2.70. The van der Waals surface area contributed by atoms with Crippen molar-refractivity contribution in [2.24, 2.45) is 0 Å². The zero-order valence-corrected chi connectivity index (χ0v) is 15.9. The first-order valence-electron chi connectivity index (χ1n) is 9.22. The van der Waals surface area contributed by atoms with Crippen LogP contribution in [0.15, 0.2) is 42.6 Å². The van der Waals surface area contributed by atoms with Crippen LogP contribution in [-0.4, -0.2) is 36.9 Å². The van der Waals surface area contributed by atoms with E-state index in [1.54, 1.807) is 24.4 Å². The summed E-state index contributed by atoms with van der Waals surface area (Å²) in [7, 11) is 0. The summed E-state index contributed by atoms with van der Waals surface area (Å²) in [5.74, 6) is -0.236. The van der Waals surface area contributed by atoms with E-state index in [1.165, 1.54) is 0 Å². The van der Waals surface area contributed by atoms with Crippen LogP contribution in [0.3, 0.4) is 0 Å². The summed E-state index contributed by atoms with van der Waals surface area (Å²) in [6.07, 6.45) is 5.57. The van der Waals surface area contributed by atoms with Crippen molar-refractivity contribution < 1.29 is 14.3 Å². The number of halogens is 1. The van der Waals surface area contributed by atoms with E-state index in [4.69, 9.17) is 21.1 Å². The van der Waals surface area contributed by atoms with Crippen LogP contribution in [0.4, 0.5) is 11.4 Å². The number of amides is 1. The molecule has 1 aromatic heterocycles. The van der Waals surface area contributed by atoms with E-state index in [0.717, 1.165) is 38.0 Å². The van der Waals surface area contributed by atoms with Crippen molar-refractivity contribution in [3.05, 3.63) is 53.3 Å². The molecule has 2 heterocycles. The van der Waals surface area contributed by atoms with E-state index in [9.17, 15) is 4.79 Å². The van der Waals surface area contributed by atoms with Gasteiger partial charge in [-0.2, -0.15) is 0 Å². The molecule has 2 N–H and O–H groups in total. The van der Waals surface area contributed by atoms with E-state index >= 15 is 0 Å². The molecule has 1 unspecified atom stereocenters. The van der Waals surface area contributed by atoms with Crippen LogP contribution in [-0.2, 0) is 9.47 Å². The molecule has 1 amide bonds. The molecule has 1 aliphatic heterocycles. The van der Waals surface area contributed by atoms with Crippen LogP contribution in [0.1, 0.15) is 36.0 Å². The van der Waals surface area contributed by atoms with Crippen molar-refractivity contribution >= 4 is 28.9 Å². The summed E-state index contributed by atoms with van der Waals surface area (Å²) in [6.45, 7) is 2.11. The number of aromatic nitrogens is 1. The zero-order valence-electron chi connectivity index (χ0n) is 15.1. The molecular formula is C20H24ClN3O3. The molecule has 6 nitrogen and oxygen atoms in total. The molecule has 7 heteroatoms. The number of nitrogens with zero attached hydrogens (tertiary/aromatic N) is 1. The maximum Gasteiger partial charge on any atom is 0.257 e. The van der Waals surface area contributed by atoms with Crippen molar-refractivity contribution in [1.29, 1.82) is 0 Å². The van der Waals surface area contributed by atoms with E-state index in [0.29, 0.717) is 24.4 Å². The summed E-state index contributed by atoms with van der Waals surface area (Å²) in [5, 5.41) is 6.36. The van der Waals surface area contributed by atoms with E-state index in [1.807, 2.05) is 18.2 Å². The van der Waals surface area contributed by atoms with Crippen LogP contribution in [0.25, 0.3) is 0 Å². The van der Waals surface area contributed by atoms with Gasteiger partial charge in [0.15, 0.2) is 11.4 Å². The highest BCUT2D eigenvalue weighted by atomic mass is 35.5. The Morgan fingerprint density at radius 1 is 1.22 bits per heavy atom. The number of carbonyl (C=O) groups is 1. The average molecular weight is 390 g/mol. The molecule has 1 atom stereocenters. The van der Waals surface area contributed by atoms with E-state index in [-0.39, 0.29) is 17.4 Å². The third-order valence-electron chi connectivity index (χ3n) is 4.26. The summed E-state index contributed by atoms with van der Waals surface area (Å²) >= 11 is 6.01. The van der Waals surface area contributed by atoms with E-state index < -0.39 is 0 Å². The van der Waals surface area contributed by atoms with Gasteiger partial charge in [-0.15, -0.1) is 0 Å². The number of nitrogens with one attached hydrogen (secondary N) is 2. The fourth-order valence-electron chi connectivity index (χ4n) is 2.86. The van der Waals surface area contributed by atoms with Gasteiger partial charge in [0, 0.05) is 25.0 Å². The number of hydrogen-bond acceptors (Lipinski definition) is 5. The van der Waals surface area contributed by atoms with Crippen molar-refractivity contribution in [1.82, 2.24) is 4.98 Å². The lowest BCUT2D eigenvalue weighted by molar-refractivity contribution is -0.162. The van der Waals surface area contributed by atoms with E-state index in [2.05, 4.69) is 15.6 Å². The lowest BCUT2D eigenvalue weighted by Gasteiger charge is -2.22. The molecule has 1 aliphatic rings. The van der Waals surface area contributed by atoms with Crippen molar-refractivity contribution in [2.45, 2.75) is 32.0 Å². The van der Waals surface area contributed by atoms with Crippen molar-refractivity contribution in [3.8, 4) is 0 Å². The van der Waals surface area contributed by atoms with Gasteiger partial charge in [-0.3, -0.25) is 4.79 Å². The minimum Gasteiger partial charge on any atom is -0.384 e. The standard InChI is InChI=1S/C20H24ClN3O3/c21-19-17(9-5-11-23-19)24-20(25)15-7-1-2-8-16(15)22-12-6-14-27-18-10-3-4-13-26-18/h1-2,5,7-9,11,18,22H,3-4,6,10,12-14H2,(H,24,25). The molecule has 2 aromatic rings. The number of rotatable bonds is 8. The predicted octanol–water partition coefficient (Wildman–Crippen LogP) is 4.33. The largest absolute Gasteiger partial charge is 0.384 e. The fourth-order valence-corrected chi connectivity index (χ4v) is 3.02. The van der Waals surface area contributed by atoms with Gasteiger partial charge < -0.3 is 20.1 Å². The lowest BCUT2D eigenvalue weighted by Crippen LogP contribution is -2.23. The SMILES string of the molecule is O=C(Nc1cccnc1Cl)c1ccccc1NCCCOC1CCCCO1. The molecular weight excluding hydrogens is 366 g/mol. The molecule has 0 radical (unpaired) electrons. The number of hydrogen-bond donors (Lipinski definition) is 2. The Labute approximate surface area is 164 Å². The lowest BCUT2D eigenvalue weighted by atomic mass is 10.1. The Morgan fingerprint density at radius 3 is 2.89 bits per heavy atom. The van der Waals surface area contributed by atoms with Crippen LogP contribution < -0.4 is 10.6 Å². The van der Waals surface area contributed by atoms with Gasteiger partial charge in [0.05, 0.1) is 17.9 Å². The van der Waals surface area contributed by atoms with Gasteiger partial charge in [0.1, 0.15) is 0 Å². The Morgan fingerprint density at radius 2 is 2.07 bits per heavy atom. The molecule has 144 valence electrons. The second-order valence-corrected chi connectivity index (χ2v) is 6.65. The molecule has 1 fully saturated rings. The van der Waals surface area contributed by atoms with Gasteiger partial charge in [-0.1, -0.05) is 23.7 Å². The minimum absolute atomic E-state index is 0.0685. The second-order valence-electron chi connectivity index (χ2n) is 6.29. The van der Waals surface area contributed by atoms with Gasteiger partial charge >= 0.3 is 0 Å². The topological polar surface area (TPSA) is 72.5 Å². The zero-order chi connectivity index (χ0) is 18.9. The number of anilines is 2. The first-order chi connectivity index (χ1) is 13.2. The highest BCUT2D eigenvalue weighted by molar-refractivity contribution is 6.32. The van der Waals surface area contributed by atoms with Gasteiger partial charge in [-0.25, -0.2) is 4.98 Å². The summed E-state index contributed by atoms with van der Waals surface area (Å²) in [5.41, 5.74) is 1.80. The Balaban J connectivity index is 1.49. The number of ether oxygens (including phenoxy) is 2. The maximum atomic E-state index is 12.6. The Kier molecular flexibility index (Phi) is 7.45. The third kappa shape index (κ3) is 5.92. The quantitative estimate of drug-likeness (QED) is 0.519. The minimum atomic E-state index is -0.236. The van der Waals surface area contributed by atoms with Gasteiger partial charge in [-0.05, 0) is 49.9 Å². The first kappa shape index (κ1) is 19.6. The summed E-state index contributed by atoms with van der Waals surface area (Å²) < 4.78 is 11.3. The van der Waals surface area contributed by atoms with Crippen LogP contribution in [0, 0.1) is 0 Å². The highest BCUT2D eigenvalue weighted by Crippen LogP contribution is 2.21. The maximum absolute atomic E-state index is 12.6. The Bertz CT molecular complexity index is 751. The first-order valence-corrected chi connectivity index (χ1v) is 9.60. The Hall–Kier alpha value is -2.15. The van der Waals surface area contributed by atoms with Crippen molar-refractivity contribution in [2.75, 3.05) is 30.4 Å². The number of para-hydroxylation sites is 1. The smallest absolute Gasteiger partial charge is 0.257 e. The van der Waals surface area contributed by atoms with Crippen molar-refractivity contribution in [3.63, 3.8) is 0 Å². The number of carbonyl (C=O) groups excluding carboxylic acids is 1. The molecule has 1 saturated heterocycles. The molecule has 3 rings (SSSR count). The van der Waals surface area contributed by atoms with Crippen LogP contribution >= 0.6 is 11.6 Å². The highest BCUT2D eigenvalue weighted by Gasteiger charge is 2.14. The molecule has 0 aliphatic carbocycles. The monoisotopic (exact) mass is 389 g/mol.